The van der Waals surface area contributed by atoms with E-state index in [0.29, 0.717) is 18.0 Å². The van der Waals surface area contributed by atoms with Gasteiger partial charge in [0.05, 0.1) is 6.04 Å². The van der Waals surface area contributed by atoms with Crippen molar-refractivity contribution < 1.29 is 18.7 Å². The third-order valence-corrected chi connectivity index (χ3v) is 4.24. The van der Waals surface area contributed by atoms with E-state index in [1.807, 2.05) is 70.2 Å². The van der Waals surface area contributed by atoms with Gasteiger partial charge in [-0.25, -0.2) is 9.59 Å². The second-order valence-corrected chi connectivity index (χ2v) is 8.06. The van der Waals surface area contributed by atoms with Crippen LogP contribution in [0.5, 0.6) is 0 Å². The van der Waals surface area contributed by atoms with Crippen LogP contribution < -0.4 is 16.0 Å². The van der Waals surface area contributed by atoms with Gasteiger partial charge in [0.2, 0.25) is 0 Å². The average molecular weight is 409 g/mol. The number of benzene rings is 2. The Kier molecular flexibility index (Phi) is 6.30. The highest BCUT2D eigenvalue weighted by Crippen LogP contribution is 2.23. The number of urea groups is 1. The van der Waals surface area contributed by atoms with E-state index in [1.54, 1.807) is 12.1 Å². The average Bonchev–Trinajstić information content (AvgIpc) is 3.10. The van der Waals surface area contributed by atoms with E-state index < -0.39 is 11.7 Å². The van der Waals surface area contributed by atoms with Crippen LogP contribution in [-0.4, -0.2) is 17.7 Å². The van der Waals surface area contributed by atoms with E-state index in [1.165, 1.54) is 0 Å². The van der Waals surface area contributed by atoms with Crippen molar-refractivity contribution in [1.82, 2.24) is 10.6 Å². The fraction of sp³-hybridized carbons (Fsp3) is 0.304. The number of amides is 3. The number of ether oxygens (including phenoxy) is 1. The van der Waals surface area contributed by atoms with Gasteiger partial charge in [-0.05, 0) is 57.5 Å². The molecule has 3 aromatic rings. The number of para-hydroxylation sites is 1. The Morgan fingerprint density at radius 3 is 2.57 bits per heavy atom. The molecule has 1 atom stereocenters. The van der Waals surface area contributed by atoms with Crippen LogP contribution in [0.4, 0.5) is 15.3 Å². The summed E-state index contributed by atoms with van der Waals surface area (Å²) < 4.78 is 11.0. The molecular formula is C23H27N3O4. The Hall–Kier alpha value is -3.48. The van der Waals surface area contributed by atoms with Crippen LogP contribution in [0.15, 0.2) is 59.0 Å². The maximum Gasteiger partial charge on any atom is 0.407 e. The molecule has 0 bridgehead atoms. The number of hydrogen-bond acceptors (Lipinski definition) is 4. The van der Waals surface area contributed by atoms with E-state index in [-0.39, 0.29) is 12.1 Å². The summed E-state index contributed by atoms with van der Waals surface area (Å²) in [5, 5.41) is 9.37. The molecule has 158 valence electrons. The Morgan fingerprint density at radius 1 is 1.07 bits per heavy atom. The Bertz CT molecular complexity index is 1000. The fourth-order valence-corrected chi connectivity index (χ4v) is 2.90. The first-order chi connectivity index (χ1) is 14.2. The second kappa shape index (κ2) is 8.90. The molecule has 0 saturated carbocycles. The Labute approximate surface area is 175 Å². The summed E-state index contributed by atoms with van der Waals surface area (Å²) in [4.78, 5) is 24.2. The van der Waals surface area contributed by atoms with Gasteiger partial charge in [-0.3, -0.25) is 0 Å². The molecule has 7 nitrogen and oxygen atoms in total. The molecule has 2 aromatic carbocycles. The normalized spacial score (nSPS) is 12.3. The van der Waals surface area contributed by atoms with Crippen molar-refractivity contribution in [2.75, 3.05) is 5.32 Å². The van der Waals surface area contributed by atoms with Crippen LogP contribution in [0.3, 0.4) is 0 Å². The van der Waals surface area contributed by atoms with Gasteiger partial charge in [-0.1, -0.05) is 30.3 Å². The highest BCUT2D eigenvalue weighted by molar-refractivity contribution is 5.89. The topological polar surface area (TPSA) is 92.6 Å². The minimum atomic E-state index is -0.553. The van der Waals surface area contributed by atoms with Crippen molar-refractivity contribution in [2.24, 2.45) is 0 Å². The van der Waals surface area contributed by atoms with Crippen molar-refractivity contribution in [3.05, 3.63) is 65.9 Å². The van der Waals surface area contributed by atoms with Crippen molar-refractivity contribution in [3.8, 4) is 0 Å². The molecule has 1 heterocycles. The minimum absolute atomic E-state index is 0.293. The highest BCUT2D eigenvalue weighted by Gasteiger charge is 2.16. The first kappa shape index (κ1) is 21.2. The number of hydrogen-bond donors (Lipinski definition) is 3. The van der Waals surface area contributed by atoms with Crippen LogP contribution >= 0.6 is 0 Å². The summed E-state index contributed by atoms with van der Waals surface area (Å²) in [6.45, 7) is 7.58. The summed E-state index contributed by atoms with van der Waals surface area (Å²) in [6.07, 6.45) is -0.488. The lowest BCUT2D eigenvalue weighted by Gasteiger charge is -2.19. The van der Waals surface area contributed by atoms with E-state index in [0.717, 1.165) is 16.5 Å². The summed E-state index contributed by atoms with van der Waals surface area (Å²) in [5.41, 5.74) is 1.69. The molecule has 1 aromatic heterocycles. The van der Waals surface area contributed by atoms with Crippen LogP contribution in [0.25, 0.3) is 11.0 Å². The first-order valence-corrected chi connectivity index (χ1v) is 9.81. The number of fused-ring (bicyclic) bond motifs is 1. The van der Waals surface area contributed by atoms with Crippen LogP contribution in [0.2, 0.25) is 0 Å². The number of nitrogens with one attached hydrogen (secondary N) is 3. The van der Waals surface area contributed by atoms with Crippen molar-refractivity contribution in [3.63, 3.8) is 0 Å². The van der Waals surface area contributed by atoms with Gasteiger partial charge in [0.15, 0.2) is 0 Å². The predicted molar refractivity (Wildman–Crippen MR) is 116 cm³/mol. The number of rotatable bonds is 5. The molecule has 0 aliphatic rings. The third kappa shape index (κ3) is 6.01. The maximum absolute atomic E-state index is 12.4. The van der Waals surface area contributed by atoms with Crippen LogP contribution in [0.1, 0.15) is 45.1 Å². The maximum atomic E-state index is 12.4. The monoisotopic (exact) mass is 409 g/mol. The van der Waals surface area contributed by atoms with Gasteiger partial charge in [0.1, 0.15) is 16.9 Å². The Balaban J connectivity index is 1.54. The lowest BCUT2D eigenvalue weighted by Crippen LogP contribution is -2.32. The number of alkyl carbamates (subject to hydrolysis) is 1. The van der Waals surface area contributed by atoms with Crippen LogP contribution in [-0.2, 0) is 11.3 Å². The van der Waals surface area contributed by atoms with E-state index >= 15 is 0 Å². The minimum Gasteiger partial charge on any atom is -0.459 e. The molecule has 0 aliphatic heterocycles. The molecule has 1 unspecified atom stereocenters. The van der Waals surface area contributed by atoms with E-state index in [9.17, 15) is 9.59 Å². The summed E-state index contributed by atoms with van der Waals surface area (Å²) in [5.74, 6) is 0.682. The third-order valence-electron chi connectivity index (χ3n) is 4.24. The fourth-order valence-electron chi connectivity index (χ4n) is 2.90. The largest absolute Gasteiger partial charge is 0.459 e. The Morgan fingerprint density at radius 2 is 1.83 bits per heavy atom. The molecule has 7 heteroatoms. The summed E-state index contributed by atoms with van der Waals surface area (Å²) in [7, 11) is 0. The van der Waals surface area contributed by atoms with Crippen molar-refractivity contribution >= 4 is 28.8 Å². The number of carbonyl (C=O) groups excluding carboxylic acids is 2. The van der Waals surface area contributed by atoms with Gasteiger partial charge < -0.3 is 25.1 Å². The van der Waals surface area contributed by atoms with Crippen LogP contribution in [0, 0.1) is 0 Å². The lowest BCUT2D eigenvalue weighted by molar-refractivity contribution is 0.0523. The smallest absolute Gasteiger partial charge is 0.407 e. The zero-order valence-electron chi connectivity index (χ0n) is 17.6. The molecule has 3 rings (SSSR count). The lowest BCUT2D eigenvalue weighted by atomic mass is 10.2. The molecule has 3 amide bonds. The zero-order chi connectivity index (χ0) is 21.7. The van der Waals surface area contributed by atoms with Crippen molar-refractivity contribution in [2.45, 2.75) is 45.9 Å². The number of furan rings is 1. The molecule has 0 fully saturated rings. The van der Waals surface area contributed by atoms with Gasteiger partial charge in [0.25, 0.3) is 0 Å². The van der Waals surface area contributed by atoms with Crippen molar-refractivity contribution in [1.29, 1.82) is 0 Å². The number of carbonyl (C=O) groups is 2. The predicted octanol–water partition coefficient (Wildman–Crippen LogP) is 5.34. The van der Waals surface area contributed by atoms with Gasteiger partial charge in [-0.2, -0.15) is 0 Å². The van der Waals surface area contributed by atoms with Gasteiger partial charge in [-0.15, -0.1) is 0 Å². The molecule has 0 saturated heterocycles. The second-order valence-electron chi connectivity index (χ2n) is 8.06. The van der Waals surface area contributed by atoms with E-state index in [2.05, 4.69) is 16.0 Å². The van der Waals surface area contributed by atoms with Gasteiger partial charge in [0, 0.05) is 17.6 Å². The standard InChI is InChI=1S/C23H27N3O4/c1-15(20-13-17-9-5-6-11-19(17)29-20)25-21(27)26-18-10-7-8-16(12-18)14-24-22(28)30-23(2,3)4/h5-13,15H,14H2,1-4H3,(H,24,28)(H2,25,26,27). The summed E-state index contributed by atoms with van der Waals surface area (Å²) in [6, 6.07) is 16.2. The van der Waals surface area contributed by atoms with Gasteiger partial charge >= 0.3 is 12.1 Å². The first-order valence-electron chi connectivity index (χ1n) is 9.81. The molecule has 3 N–H and O–H groups in total. The molecule has 0 aliphatic carbocycles. The SMILES string of the molecule is CC(NC(=O)Nc1cccc(CNC(=O)OC(C)(C)C)c1)c1cc2ccccc2o1. The quantitative estimate of drug-likeness (QED) is 0.530. The highest BCUT2D eigenvalue weighted by atomic mass is 16.6. The molecule has 0 radical (unpaired) electrons. The number of anilines is 1. The zero-order valence-corrected chi connectivity index (χ0v) is 17.6. The molecular weight excluding hydrogens is 382 g/mol. The van der Waals surface area contributed by atoms with E-state index in [4.69, 9.17) is 9.15 Å². The molecule has 0 spiro atoms. The summed E-state index contributed by atoms with van der Waals surface area (Å²) >= 11 is 0. The molecule has 30 heavy (non-hydrogen) atoms.